The Kier molecular flexibility index (Phi) is 12.2. The Morgan fingerprint density at radius 1 is 0.641 bits per heavy atom. The van der Waals surface area contributed by atoms with E-state index < -0.39 is 0 Å². The first-order valence-electron chi connectivity index (χ1n) is 14.1. The highest BCUT2D eigenvalue weighted by Gasteiger charge is 2.22. The van der Waals surface area contributed by atoms with Crippen LogP contribution in [-0.4, -0.2) is 22.4 Å². The average Bonchev–Trinajstić information content (AvgIpc) is 3.56. The number of hydrogen-bond acceptors (Lipinski definition) is 0. The predicted molar refractivity (Wildman–Crippen MR) is 158 cm³/mol. The number of aromatic amines is 2. The van der Waals surface area contributed by atoms with Gasteiger partial charge in [-0.1, -0.05) is 26.7 Å². The number of nitrogens with one attached hydrogen (secondary N) is 4. The molecule has 2 aromatic rings. The van der Waals surface area contributed by atoms with Crippen molar-refractivity contribution >= 4 is 24.6 Å². The fourth-order valence-corrected chi connectivity index (χ4v) is 5.41. The second-order valence-corrected chi connectivity index (χ2v) is 10.9. The summed E-state index contributed by atoms with van der Waals surface area (Å²) in [6.45, 7) is 17.9. The van der Waals surface area contributed by atoms with Crippen molar-refractivity contribution in [1.29, 1.82) is 0 Å². The Balaban J connectivity index is 0.00000267. The summed E-state index contributed by atoms with van der Waals surface area (Å²) in [6, 6.07) is 0. The highest BCUT2D eigenvalue weighted by molar-refractivity contribution is 5.80. The Morgan fingerprint density at radius 3 is 1.33 bits per heavy atom. The van der Waals surface area contributed by atoms with Crippen molar-refractivity contribution in [3.05, 3.63) is 78.7 Å². The zero-order valence-corrected chi connectivity index (χ0v) is 28.2. The van der Waals surface area contributed by atoms with E-state index in [-0.39, 0.29) is 34.0 Å². The molecule has 0 bridgehead atoms. The highest BCUT2D eigenvalue weighted by atomic mass is 79.9. The number of hydrogen-bond donors (Lipinski definition) is 4. The maximum atomic E-state index is 3.85. The van der Waals surface area contributed by atoms with E-state index >= 15 is 0 Å². The lowest BCUT2D eigenvalue weighted by Crippen LogP contribution is -3.00. The number of halogens is 2. The van der Waals surface area contributed by atoms with Crippen LogP contribution in [0, 0.1) is 13.8 Å². The van der Waals surface area contributed by atoms with Crippen molar-refractivity contribution < 1.29 is 43.9 Å². The fourth-order valence-electron chi connectivity index (χ4n) is 5.41. The van der Waals surface area contributed by atoms with E-state index in [4.69, 9.17) is 0 Å². The minimum Gasteiger partial charge on any atom is -1.00 e. The summed E-state index contributed by atoms with van der Waals surface area (Å²) < 4.78 is 0. The number of rotatable bonds is 10. The molecule has 0 fully saturated rings. The van der Waals surface area contributed by atoms with Gasteiger partial charge in [0.15, 0.2) is 12.4 Å². The second-order valence-electron chi connectivity index (χ2n) is 10.9. The minimum absolute atomic E-state index is 0. The van der Waals surface area contributed by atoms with Crippen LogP contribution in [-0.2, 0) is 19.3 Å². The molecule has 0 aromatic carbocycles. The van der Waals surface area contributed by atoms with Gasteiger partial charge in [0.1, 0.15) is 0 Å². The summed E-state index contributed by atoms with van der Waals surface area (Å²) in [7, 11) is 0. The van der Waals surface area contributed by atoms with Gasteiger partial charge in [-0.2, -0.15) is 0 Å². The molecule has 4 rings (SSSR count). The summed E-state index contributed by atoms with van der Waals surface area (Å²) in [5.74, 6) is 0. The predicted octanol–water partition coefficient (Wildman–Crippen LogP) is -1.07. The van der Waals surface area contributed by atoms with E-state index in [9.17, 15) is 0 Å². The first-order chi connectivity index (χ1) is 17.7. The number of allylic oxidation sites excluding steroid dienone is 4. The molecule has 2 aliphatic heterocycles. The molecule has 0 atom stereocenters. The van der Waals surface area contributed by atoms with Crippen molar-refractivity contribution in [2.24, 2.45) is 0 Å². The van der Waals surface area contributed by atoms with Crippen LogP contribution < -0.4 is 43.9 Å². The molecule has 2 aliphatic rings. The molecular formula is C33H46Br2N4. The quantitative estimate of drug-likeness (QED) is 0.252. The Morgan fingerprint density at radius 2 is 1.03 bits per heavy atom. The summed E-state index contributed by atoms with van der Waals surface area (Å²) in [6.07, 6.45) is 16.8. The van der Waals surface area contributed by atoms with Gasteiger partial charge in [0.2, 0.25) is 11.4 Å². The molecule has 0 saturated carbocycles. The van der Waals surface area contributed by atoms with Gasteiger partial charge in [0.05, 0.1) is 0 Å². The first kappa shape index (κ1) is 33.0. The monoisotopic (exact) mass is 656 g/mol. The van der Waals surface area contributed by atoms with E-state index in [1.54, 1.807) is 0 Å². The topological polar surface area (TPSA) is 59.5 Å². The van der Waals surface area contributed by atoms with E-state index in [2.05, 4.69) is 99.9 Å². The van der Waals surface area contributed by atoms with Gasteiger partial charge < -0.3 is 43.9 Å². The molecule has 212 valence electrons. The maximum Gasteiger partial charge on any atom is 0.209 e. The van der Waals surface area contributed by atoms with Crippen LogP contribution in [0.3, 0.4) is 0 Å². The van der Waals surface area contributed by atoms with Crippen LogP contribution in [0.5, 0.6) is 0 Å². The smallest absolute Gasteiger partial charge is 0.209 e. The van der Waals surface area contributed by atoms with Gasteiger partial charge in [-0.05, 0) is 89.5 Å². The van der Waals surface area contributed by atoms with Crippen molar-refractivity contribution in [3.63, 3.8) is 0 Å². The summed E-state index contributed by atoms with van der Waals surface area (Å²) in [5, 5.41) is 0. The molecule has 4 N–H and O–H groups in total. The molecule has 0 amide bonds. The van der Waals surface area contributed by atoms with E-state index in [0.717, 1.165) is 19.3 Å². The maximum absolute atomic E-state index is 3.85. The lowest BCUT2D eigenvalue weighted by molar-refractivity contribution is -0.381. The Hall–Kier alpha value is -2.18. The third-order valence-corrected chi connectivity index (χ3v) is 8.38. The third kappa shape index (κ3) is 7.13. The Labute approximate surface area is 256 Å². The molecule has 0 saturated heterocycles. The molecular weight excluding hydrogens is 612 g/mol. The van der Waals surface area contributed by atoms with Crippen LogP contribution in [0.1, 0.15) is 112 Å². The number of aromatic nitrogens is 2. The SMILES string of the molecule is CCCCc1c(Cc2[nH]c(C=C3[NH+]=CC(C)=C3C)c(C)c2CCCC)[nH]c(C=C2[NH+]=CC(C)=C2C)c1C.[Br-].[Br-]. The van der Waals surface area contributed by atoms with Crippen LogP contribution in [0.15, 0.2) is 33.7 Å². The largest absolute Gasteiger partial charge is 1.00 e. The fraction of sp³-hybridized carbons (Fsp3) is 0.455. The van der Waals surface area contributed by atoms with Gasteiger partial charge in [-0.15, -0.1) is 0 Å². The van der Waals surface area contributed by atoms with Crippen molar-refractivity contribution in [3.8, 4) is 0 Å². The van der Waals surface area contributed by atoms with E-state index in [0.29, 0.717) is 0 Å². The van der Waals surface area contributed by atoms with Gasteiger partial charge >= 0.3 is 0 Å². The van der Waals surface area contributed by atoms with Gasteiger partial charge in [-0.25, -0.2) is 9.98 Å². The molecule has 6 heteroatoms. The van der Waals surface area contributed by atoms with E-state index in [1.807, 2.05) is 0 Å². The molecule has 0 spiro atoms. The molecule has 0 unspecified atom stereocenters. The number of unbranched alkanes of at least 4 members (excludes halogenated alkanes) is 2. The van der Waals surface area contributed by atoms with Gasteiger partial charge in [-0.3, -0.25) is 0 Å². The van der Waals surface area contributed by atoms with Crippen LogP contribution in [0.2, 0.25) is 0 Å². The van der Waals surface area contributed by atoms with E-state index in [1.165, 1.54) is 104 Å². The normalized spacial score (nSPS) is 16.7. The first-order valence-corrected chi connectivity index (χ1v) is 14.1. The molecule has 0 radical (unpaired) electrons. The zero-order chi connectivity index (χ0) is 26.7. The molecule has 0 aliphatic carbocycles. The van der Waals surface area contributed by atoms with Gasteiger partial charge in [0, 0.05) is 63.6 Å². The summed E-state index contributed by atoms with van der Waals surface area (Å²) in [4.78, 5) is 14.6. The van der Waals surface area contributed by atoms with Crippen LogP contribution >= 0.6 is 0 Å². The van der Waals surface area contributed by atoms with Crippen molar-refractivity contribution in [2.45, 2.75) is 100 Å². The van der Waals surface area contributed by atoms with Crippen LogP contribution in [0.4, 0.5) is 0 Å². The summed E-state index contributed by atoms with van der Waals surface area (Å²) in [5.41, 5.74) is 18.6. The van der Waals surface area contributed by atoms with Crippen molar-refractivity contribution in [1.82, 2.24) is 9.97 Å². The lowest BCUT2D eigenvalue weighted by Gasteiger charge is -2.08. The van der Waals surface area contributed by atoms with Gasteiger partial charge in [0.25, 0.3) is 0 Å². The molecule has 4 heterocycles. The average molecular weight is 659 g/mol. The van der Waals surface area contributed by atoms with Crippen LogP contribution in [0.25, 0.3) is 12.2 Å². The standard InChI is InChI=1S/C33H44N4.2BrH/c1-9-11-13-26-24(7)30(15-28-22(5)20(3)18-34-28)36-32(26)17-33-27(14-12-10-2)25(8)31(37-33)16-29-23(6)21(4)19-35-29;;/h15-16,18-19,36-37H,9-14,17H2,1-8H3;2*1H. The summed E-state index contributed by atoms with van der Waals surface area (Å²) >= 11 is 0. The third-order valence-electron chi connectivity index (χ3n) is 8.38. The number of H-pyrrole nitrogens is 2. The lowest BCUT2D eigenvalue weighted by atomic mass is 9.97. The molecule has 4 nitrogen and oxygen atoms in total. The Bertz CT molecular complexity index is 1270. The molecule has 2 aromatic heterocycles. The minimum atomic E-state index is 0. The zero-order valence-electron chi connectivity index (χ0n) is 25.0. The van der Waals surface area contributed by atoms with Crippen molar-refractivity contribution in [2.75, 3.05) is 0 Å². The second kappa shape index (κ2) is 14.5. The highest BCUT2D eigenvalue weighted by Crippen LogP contribution is 2.29. The molecule has 39 heavy (non-hydrogen) atoms.